The summed E-state index contributed by atoms with van der Waals surface area (Å²) in [6, 6.07) is 34.8. The van der Waals surface area contributed by atoms with E-state index in [1.807, 2.05) is 72.8 Å². The highest BCUT2D eigenvalue weighted by Crippen LogP contribution is 2.37. The molecule has 0 aliphatic carbocycles. The molecule has 156 valence electrons. The summed E-state index contributed by atoms with van der Waals surface area (Å²) in [6.45, 7) is 0. The molecule has 4 aromatic rings. The fourth-order valence-electron chi connectivity index (χ4n) is 3.84. The molecular formula is C28H26O3. The number of benzene rings is 4. The SMILES string of the molecule is Oc1ccccc1C(Cc1ccccc1)OC(Cc1ccccc1)c1ccccc1O. The van der Waals surface area contributed by atoms with Crippen LogP contribution in [0.15, 0.2) is 109 Å². The van der Waals surface area contributed by atoms with Crippen molar-refractivity contribution in [3.63, 3.8) is 0 Å². The Morgan fingerprint density at radius 3 is 1.23 bits per heavy atom. The number of rotatable bonds is 8. The van der Waals surface area contributed by atoms with Crippen LogP contribution in [0.1, 0.15) is 34.5 Å². The van der Waals surface area contributed by atoms with E-state index >= 15 is 0 Å². The summed E-state index contributed by atoms with van der Waals surface area (Å²) in [7, 11) is 0. The Labute approximate surface area is 183 Å². The van der Waals surface area contributed by atoms with Crippen LogP contribution in [-0.4, -0.2) is 10.2 Å². The predicted octanol–water partition coefficient (Wildman–Crippen LogP) is 6.38. The molecule has 3 heteroatoms. The van der Waals surface area contributed by atoms with Crippen LogP contribution in [0, 0.1) is 0 Å². The number of phenolic OH excluding ortho intramolecular Hbond substituents is 2. The van der Waals surface area contributed by atoms with Gasteiger partial charge in [0.05, 0.1) is 12.2 Å². The lowest BCUT2D eigenvalue weighted by Crippen LogP contribution is -2.15. The average molecular weight is 411 g/mol. The van der Waals surface area contributed by atoms with Crippen molar-refractivity contribution >= 4 is 0 Å². The zero-order valence-corrected chi connectivity index (χ0v) is 17.3. The molecule has 2 atom stereocenters. The third-order valence-electron chi connectivity index (χ3n) is 5.42. The van der Waals surface area contributed by atoms with E-state index in [0.29, 0.717) is 12.8 Å². The van der Waals surface area contributed by atoms with E-state index in [-0.39, 0.29) is 23.7 Å². The topological polar surface area (TPSA) is 49.7 Å². The first kappa shape index (κ1) is 20.7. The maximum Gasteiger partial charge on any atom is 0.121 e. The molecule has 0 aliphatic heterocycles. The highest BCUT2D eigenvalue weighted by atomic mass is 16.5. The van der Waals surface area contributed by atoms with Gasteiger partial charge in [-0.05, 0) is 23.3 Å². The third kappa shape index (κ3) is 5.33. The normalized spacial score (nSPS) is 12.9. The largest absolute Gasteiger partial charge is 0.508 e. The van der Waals surface area contributed by atoms with E-state index in [0.717, 1.165) is 22.3 Å². The van der Waals surface area contributed by atoms with Gasteiger partial charge in [0.15, 0.2) is 0 Å². The summed E-state index contributed by atoms with van der Waals surface area (Å²) in [6.07, 6.45) is 0.461. The van der Waals surface area contributed by atoms with Crippen LogP contribution in [0.3, 0.4) is 0 Å². The van der Waals surface area contributed by atoms with E-state index in [1.54, 1.807) is 12.1 Å². The van der Waals surface area contributed by atoms with Gasteiger partial charge in [-0.1, -0.05) is 97.1 Å². The molecule has 3 nitrogen and oxygen atoms in total. The maximum atomic E-state index is 10.6. The molecule has 0 saturated carbocycles. The van der Waals surface area contributed by atoms with Crippen LogP contribution in [0.4, 0.5) is 0 Å². The van der Waals surface area contributed by atoms with Crippen molar-refractivity contribution in [2.45, 2.75) is 25.0 Å². The van der Waals surface area contributed by atoms with E-state index in [2.05, 4.69) is 24.3 Å². The molecule has 0 aliphatic rings. The number of ether oxygens (including phenoxy) is 1. The fourth-order valence-corrected chi connectivity index (χ4v) is 3.84. The standard InChI is InChI=1S/C28H26O3/c29-25-17-9-7-15-23(25)27(19-21-11-3-1-4-12-21)31-28(20-22-13-5-2-6-14-22)24-16-8-10-18-26(24)30/h1-18,27-30H,19-20H2. The summed E-state index contributed by atoms with van der Waals surface area (Å²) < 4.78 is 6.67. The Morgan fingerprint density at radius 2 is 0.839 bits per heavy atom. The minimum Gasteiger partial charge on any atom is -0.508 e. The molecule has 2 unspecified atom stereocenters. The first-order chi connectivity index (χ1) is 15.2. The van der Waals surface area contributed by atoms with Crippen molar-refractivity contribution < 1.29 is 14.9 Å². The van der Waals surface area contributed by atoms with Gasteiger partial charge in [0.1, 0.15) is 11.5 Å². The number of phenols is 2. The Balaban J connectivity index is 1.71. The summed E-state index contributed by atoms with van der Waals surface area (Å²) in [4.78, 5) is 0. The van der Waals surface area contributed by atoms with Gasteiger partial charge in [-0.15, -0.1) is 0 Å². The van der Waals surface area contributed by atoms with Crippen LogP contribution >= 0.6 is 0 Å². The Bertz CT molecular complexity index is 1000. The third-order valence-corrected chi connectivity index (χ3v) is 5.42. The van der Waals surface area contributed by atoms with Crippen molar-refractivity contribution in [1.82, 2.24) is 0 Å². The quantitative estimate of drug-likeness (QED) is 0.354. The van der Waals surface area contributed by atoms with Gasteiger partial charge in [0.2, 0.25) is 0 Å². The molecular weight excluding hydrogens is 384 g/mol. The lowest BCUT2D eigenvalue weighted by Gasteiger charge is -2.27. The average Bonchev–Trinajstić information content (AvgIpc) is 2.80. The molecule has 0 bridgehead atoms. The molecule has 2 N–H and O–H groups in total. The molecule has 0 spiro atoms. The lowest BCUT2D eigenvalue weighted by molar-refractivity contribution is -0.0169. The molecule has 0 amide bonds. The molecule has 0 heterocycles. The Hall–Kier alpha value is -3.56. The number of para-hydroxylation sites is 2. The van der Waals surface area contributed by atoms with Gasteiger partial charge in [-0.25, -0.2) is 0 Å². The zero-order chi connectivity index (χ0) is 21.5. The van der Waals surface area contributed by atoms with Crippen LogP contribution in [0.5, 0.6) is 11.5 Å². The van der Waals surface area contributed by atoms with E-state index in [4.69, 9.17) is 4.74 Å². The van der Waals surface area contributed by atoms with Crippen molar-refractivity contribution in [3.8, 4) is 11.5 Å². The fraction of sp³-hybridized carbons (Fsp3) is 0.143. The molecule has 4 rings (SSSR count). The highest BCUT2D eigenvalue weighted by molar-refractivity contribution is 5.37. The van der Waals surface area contributed by atoms with Gasteiger partial charge in [0.25, 0.3) is 0 Å². The number of hydrogen-bond acceptors (Lipinski definition) is 3. The molecule has 4 aromatic carbocycles. The van der Waals surface area contributed by atoms with Crippen molar-refractivity contribution in [1.29, 1.82) is 0 Å². The first-order valence-electron chi connectivity index (χ1n) is 10.5. The van der Waals surface area contributed by atoms with Crippen LogP contribution in [0.25, 0.3) is 0 Å². The summed E-state index contributed by atoms with van der Waals surface area (Å²) >= 11 is 0. The number of aromatic hydroxyl groups is 2. The summed E-state index contributed by atoms with van der Waals surface area (Å²) in [5, 5.41) is 21.1. The van der Waals surface area contributed by atoms with Crippen LogP contribution in [-0.2, 0) is 17.6 Å². The Morgan fingerprint density at radius 1 is 0.484 bits per heavy atom. The van der Waals surface area contributed by atoms with Crippen molar-refractivity contribution in [2.24, 2.45) is 0 Å². The molecule has 0 aromatic heterocycles. The maximum absolute atomic E-state index is 10.6. The van der Waals surface area contributed by atoms with E-state index in [1.165, 1.54) is 0 Å². The second-order valence-corrected chi connectivity index (χ2v) is 7.61. The van der Waals surface area contributed by atoms with Gasteiger partial charge in [-0.2, -0.15) is 0 Å². The van der Waals surface area contributed by atoms with E-state index in [9.17, 15) is 10.2 Å². The van der Waals surface area contributed by atoms with Gasteiger partial charge < -0.3 is 14.9 Å². The highest BCUT2D eigenvalue weighted by Gasteiger charge is 2.24. The molecule has 31 heavy (non-hydrogen) atoms. The second kappa shape index (κ2) is 9.96. The van der Waals surface area contributed by atoms with Crippen molar-refractivity contribution in [2.75, 3.05) is 0 Å². The molecule has 0 saturated heterocycles. The smallest absolute Gasteiger partial charge is 0.121 e. The lowest BCUT2D eigenvalue weighted by atomic mass is 9.97. The summed E-state index contributed by atoms with van der Waals surface area (Å²) in [5.41, 5.74) is 3.71. The molecule has 0 fully saturated rings. The first-order valence-corrected chi connectivity index (χ1v) is 10.5. The number of hydrogen-bond donors (Lipinski definition) is 2. The van der Waals surface area contributed by atoms with Crippen LogP contribution in [0.2, 0.25) is 0 Å². The minimum absolute atomic E-state index is 0.208. The summed E-state index contributed by atoms with van der Waals surface area (Å²) in [5.74, 6) is 0.415. The van der Waals surface area contributed by atoms with E-state index < -0.39 is 0 Å². The monoisotopic (exact) mass is 410 g/mol. The zero-order valence-electron chi connectivity index (χ0n) is 17.3. The second-order valence-electron chi connectivity index (χ2n) is 7.61. The van der Waals surface area contributed by atoms with Gasteiger partial charge >= 0.3 is 0 Å². The Kier molecular flexibility index (Phi) is 6.65. The van der Waals surface area contributed by atoms with Crippen LogP contribution < -0.4 is 0 Å². The van der Waals surface area contributed by atoms with Gasteiger partial charge in [-0.3, -0.25) is 0 Å². The minimum atomic E-state index is -0.378. The molecule has 0 radical (unpaired) electrons. The van der Waals surface area contributed by atoms with Gasteiger partial charge in [0, 0.05) is 24.0 Å². The van der Waals surface area contributed by atoms with Crippen molar-refractivity contribution in [3.05, 3.63) is 131 Å². The predicted molar refractivity (Wildman–Crippen MR) is 123 cm³/mol.